The molecule has 1 heterocycles. The summed E-state index contributed by atoms with van der Waals surface area (Å²) in [4.78, 5) is 3.95. The van der Waals surface area contributed by atoms with E-state index in [0.717, 1.165) is 0 Å². The summed E-state index contributed by atoms with van der Waals surface area (Å²) in [6.07, 6.45) is 1.26. The number of nitrogen functional groups attached to an aromatic ring is 1. The molecule has 0 aliphatic heterocycles. The molecule has 1 aromatic heterocycles. The Kier molecular flexibility index (Phi) is 3.31. The van der Waals surface area contributed by atoms with Crippen LogP contribution >= 0.6 is 0 Å². The van der Waals surface area contributed by atoms with E-state index in [-0.39, 0.29) is 10.9 Å². The topological polar surface area (TPSA) is 85.1 Å². The van der Waals surface area contributed by atoms with Gasteiger partial charge in [-0.2, -0.15) is 0 Å². The molecule has 3 N–H and O–H groups in total. The van der Waals surface area contributed by atoms with Crippen LogP contribution in [-0.2, 0) is 10.0 Å². The summed E-state index contributed by atoms with van der Waals surface area (Å²) in [5, 5.41) is 0. The third-order valence-electron chi connectivity index (χ3n) is 1.79. The first-order valence-electron chi connectivity index (χ1n) is 4.57. The minimum absolute atomic E-state index is 0.142. The summed E-state index contributed by atoms with van der Waals surface area (Å²) in [6, 6.07) is 1.36. The van der Waals surface area contributed by atoms with Gasteiger partial charge in [0.05, 0.1) is 0 Å². The zero-order valence-electron chi connectivity index (χ0n) is 8.98. The van der Waals surface area contributed by atoms with Crippen LogP contribution in [0.4, 0.5) is 5.82 Å². The van der Waals surface area contributed by atoms with E-state index in [1.807, 2.05) is 0 Å². The van der Waals surface area contributed by atoms with E-state index in [4.69, 9.17) is 5.73 Å². The van der Waals surface area contributed by atoms with Crippen molar-refractivity contribution < 1.29 is 8.42 Å². The zero-order valence-corrected chi connectivity index (χ0v) is 9.80. The van der Waals surface area contributed by atoms with Crippen molar-refractivity contribution in [2.24, 2.45) is 0 Å². The number of rotatable bonds is 3. The number of aryl methyl sites for hydroxylation is 1. The average Bonchev–Trinajstić information content (AvgIpc) is 2.07. The SMILES string of the molecule is Cc1cc(S(=O)(=O)NC(C)C)cnc1N. The summed E-state index contributed by atoms with van der Waals surface area (Å²) in [6.45, 7) is 5.24. The minimum atomic E-state index is -3.47. The molecule has 0 unspecified atom stereocenters. The maximum absolute atomic E-state index is 11.7. The molecule has 0 radical (unpaired) electrons. The van der Waals surface area contributed by atoms with Gasteiger partial charge in [0.1, 0.15) is 10.7 Å². The van der Waals surface area contributed by atoms with Crippen molar-refractivity contribution in [3.63, 3.8) is 0 Å². The monoisotopic (exact) mass is 229 g/mol. The molecule has 15 heavy (non-hydrogen) atoms. The van der Waals surface area contributed by atoms with Gasteiger partial charge in [0.2, 0.25) is 10.0 Å². The number of hydrogen-bond donors (Lipinski definition) is 2. The molecule has 0 fully saturated rings. The van der Waals surface area contributed by atoms with Gasteiger partial charge in [0, 0.05) is 12.2 Å². The fourth-order valence-electron chi connectivity index (χ4n) is 1.08. The van der Waals surface area contributed by atoms with Gasteiger partial charge < -0.3 is 5.73 Å². The fraction of sp³-hybridized carbons (Fsp3) is 0.444. The summed E-state index contributed by atoms with van der Waals surface area (Å²) in [5.74, 6) is 0.346. The first kappa shape index (κ1) is 11.9. The van der Waals surface area contributed by atoms with Crippen molar-refractivity contribution in [3.05, 3.63) is 17.8 Å². The van der Waals surface area contributed by atoms with Crippen molar-refractivity contribution in [1.29, 1.82) is 0 Å². The maximum atomic E-state index is 11.7. The van der Waals surface area contributed by atoms with Gasteiger partial charge in [-0.25, -0.2) is 18.1 Å². The Bertz CT molecular complexity index is 454. The molecule has 1 rings (SSSR count). The largest absolute Gasteiger partial charge is 0.383 e. The Labute approximate surface area is 89.8 Å². The molecule has 84 valence electrons. The van der Waals surface area contributed by atoms with Gasteiger partial charge in [-0.3, -0.25) is 0 Å². The molecule has 0 spiro atoms. The highest BCUT2D eigenvalue weighted by molar-refractivity contribution is 7.89. The number of nitrogens with two attached hydrogens (primary N) is 1. The van der Waals surface area contributed by atoms with Crippen molar-refractivity contribution in [2.45, 2.75) is 31.7 Å². The van der Waals surface area contributed by atoms with Crippen LogP contribution in [0.25, 0.3) is 0 Å². The average molecular weight is 229 g/mol. The second-order valence-corrected chi connectivity index (χ2v) is 5.36. The lowest BCUT2D eigenvalue weighted by molar-refractivity contribution is 0.569. The molecule has 0 saturated carbocycles. The molecule has 1 aromatic rings. The summed E-state index contributed by atoms with van der Waals surface area (Å²) in [7, 11) is -3.47. The lowest BCUT2D eigenvalue weighted by Crippen LogP contribution is -2.30. The first-order chi connectivity index (χ1) is 6.83. The van der Waals surface area contributed by atoms with Gasteiger partial charge in [-0.05, 0) is 32.4 Å². The van der Waals surface area contributed by atoms with E-state index in [1.54, 1.807) is 20.8 Å². The minimum Gasteiger partial charge on any atom is -0.383 e. The summed E-state index contributed by atoms with van der Waals surface area (Å²) >= 11 is 0. The molecule has 5 nitrogen and oxygen atoms in total. The highest BCUT2D eigenvalue weighted by Crippen LogP contribution is 2.13. The number of aromatic nitrogens is 1. The first-order valence-corrected chi connectivity index (χ1v) is 6.05. The Morgan fingerprint density at radius 1 is 1.47 bits per heavy atom. The predicted molar refractivity (Wildman–Crippen MR) is 58.8 cm³/mol. The van der Waals surface area contributed by atoms with E-state index in [0.29, 0.717) is 11.4 Å². The Hall–Kier alpha value is -1.14. The number of pyridine rings is 1. The van der Waals surface area contributed by atoms with Crippen LogP contribution in [0.1, 0.15) is 19.4 Å². The second kappa shape index (κ2) is 4.16. The molecule has 0 aliphatic rings. The smallest absolute Gasteiger partial charge is 0.242 e. The van der Waals surface area contributed by atoms with E-state index in [2.05, 4.69) is 9.71 Å². The molecule has 0 saturated heterocycles. The number of sulfonamides is 1. The van der Waals surface area contributed by atoms with Crippen molar-refractivity contribution >= 4 is 15.8 Å². The fourth-order valence-corrected chi connectivity index (χ4v) is 2.36. The van der Waals surface area contributed by atoms with Gasteiger partial charge in [0.15, 0.2) is 0 Å². The molecule has 0 aromatic carbocycles. The van der Waals surface area contributed by atoms with Crippen LogP contribution in [0.5, 0.6) is 0 Å². The number of hydrogen-bond acceptors (Lipinski definition) is 4. The maximum Gasteiger partial charge on any atom is 0.242 e. The van der Waals surface area contributed by atoms with Gasteiger partial charge >= 0.3 is 0 Å². The van der Waals surface area contributed by atoms with Crippen molar-refractivity contribution in [2.75, 3.05) is 5.73 Å². The molecule has 0 atom stereocenters. The van der Waals surface area contributed by atoms with E-state index in [1.165, 1.54) is 12.3 Å². The Balaban J connectivity index is 3.11. The second-order valence-electron chi connectivity index (χ2n) is 3.65. The quantitative estimate of drug-likeness (QED) is 0.797. The van der Waals surface area contributed by atoms with Crippen LogP contribution in [0, 0.1) is 6.92 Å². The van der Waals surface area contributed by atoms with Gasteiger partial charge in [-0.1, -0.05) is 0 Å². The lowest BCUT2D eigenvalue weighted by Gasteiger charge is -2.10. The van der Waals surface area contributed by atoms with Crippen molar-refractivity contribution in [3.8, 4) is 0 Å². The normalized spacial score (nSPS) is 12.0. The van der Waals surface area contributed by atoms with E-state index in [9.17, 15) is 8.42 Å². The van der Waals surface area contributed by atoms with E-state index >= 15 is 0 Å². The highest BCUT2D eigenvalue weighted by atomic mass is 32.2. The number of anilines is 1. The standard InChI is InChI=1S/C9H15N3O2S/c1-6(2)12-15(13,14)8-4-7(3)9(10)11-5-8/h4-6,12H,1-3H3,(H2,10,11). The number of nitrogens with zero attached hydrogens (tertiary/aromatic N) is 1. The third kappa shape index (κ3) is 2.90. The summed E-state index contributed by atoms with van der Waals surface area (Å²) < 4.78 is 25.9. The predicted octanol–water partition coefficient (Wildman–Crippen LogP) is 0.659. The molecular weight excluding hydrogens is 214 g/mol. The number of nitrogens with one attached hydrogen (secondary N) is 1. The van der Waals surface area contributed by atoms with Crippen LogP contribution in [0.15, 0.2) is 17.2 Å². The molecule has 6 heteroatoms. The highest BCUT2D eigenvalue weighted by Gasteiger charge is 2.16. The third-order valence-corrected chi connectivity index (χ3v) is 3.42. The Morgan fingerprint density at radius 3 is 2.53 bits per heavy atom. The van der Waals surface area contributed by atoms with Crippen LogP contribution < -0.4 is 10.5 Å². The lowest BCUT2D eigenvalue weighted by atomic mass is 10.3. The molecular formula is C9H15N3O2S. The molecule has 0 aliphatic carbocycles. The van der Waals surface area contributed by atoms with E-state index < -0.39 is 10.0 Å². The van der Waals surface area contributed by atoms with Gasteiger partial charge in [-0.15, -0.1) is 0 Å². The molecule has 0 amide bonds. The Morgan fingerprint density at radius 2 is 2.07 bits per heavy atom. The van der Waals surface area contributed by atoms with Crippen LogP contribution in [-0.4, -0.2) is 19.4 Å². The van der Waals surface area contributed by atoms with Crippen molar-refractivity contribution in [1.82, 2.24) is 9.71 Å². The summed E-state index contributed by atoms with van der Waals surface area (Å²) in [5.41, 5.74) is 6.16. The van der Waals surface area contributed by atoms with Gasteiger partial charge in [0.25, 0.3) is 0 Å². The zero-order chi connectivity index (χ0) is 11.6. The molecule has 0 bridgehead atoms. The van der Waals surface area contributed by atoms with Crippen LogP contribution in [0.2, 0.25) is 0 Å². The van der Waals surface area contributed by atoms with Crippen LogP contribution in [0.3, 0.4) is 0 Å².